The molecule has 1 N–H and O–H groups in total. The third-order valence-electron chi connectivity index (χ3n) is 3.94. The predicted octanol–water partition coefficient (Wildman–Crippen LogP) is 3.03. The molecule has 1 saturated heterocycles. The average molecular weight is 481 g/mol. The van der Waals surface area contributed by atoms with E-state index >= 15 is 0 Å². The maximum atomic E-state index is 4.39. The fourth-order valence-electron chi connectivity index (χ4n) is 2.75. The highest BCUT2D eigenvalue weighted by atomic mass is 127. The number of hydrogen-bond donors (Lipinski definition) is 1. The van der Waals surface area contributed by atoms with E-state index in [0.717, 1.165) is 29.4 Å². The first-order chi connectivity index (χ1) is 10.1. The van der Waals surface area contributed by atoms with Gasteiger partial charge < -0.3 is 15.1 Å². The summed E-state index contributed by atoms with van der Waals surface area (Å²) < 4.78 is 1.11. The monoisotopic (exact) mass is 480 g/mol. The van der Waals surface area contributed by atoms with Crippen LogP contribution in [0.3, 0.4) is 0 Å². The van der Waals surface area contributed by atoms with Crippen LogP contribution in [-0.2, 0) is 6.54 Å². The average Bonchev–Trinajstić information content (AvgIpc) is 2.88. The molecule has 1 aromatic rings. The Morgan fingerprint density at radius 2 is 2.09 bits per heavy atom. The van der Waals surface area contributed by atoms with Gasteiger partial charge in [0, 0.05) is 38.2 Å². The number of benzene rings is 1. The van der Waals surface area contributed by atoms with Gasteiger partial charge in [0.1, 0.15) is 0 Å². The lowest BCUT2D eigenvalue weighted by atomic mass is 10.1. The van der Waals surface area contributed by atoms with Crippen LogP contribution in [0.4, 0.5) is 0 Å². The number of nitrogens with one attached hydrogen (secondary N) is 1. The minimum Gasteiger partial charge on any atom is -0.356 e. The van der Waals surface area contributed by atoms with Gasteiger partial charge in [-0.15, -0.1) is 24.0 Å². The first kappa shape index (κ1) is 19.7. The number of guanidine groups is 1. The molecule has 0 aromatic heterocycles. The van der Waals surface area contributed by atoms with Crippen LogP contribution >= 0.6 is 39.9 Å². The summed E-state index contributed by atoms with van der Waals surface area (Å²) in [6, 6.07) is 8.43. The topological polar surface area (TPSA) is 30.9 Å². The van der Waals surface area contributed by atoms with Crippen molar-refractivity contribution < 1.29 is 0 Å². The van der Waals surface area contributed by atoms with Gasteiger partial charge in [-0.1, -0.05) is 28.1 Å². The molecule has 0 spiro atoms. The lowest BCUT2D eigenvalue weighted by Crippen LogP contribution is -2.41. The fraction of sp³-hybridized carbons (Fsp3) is 0.562. The van der Waals surface area contributed by atoms with Crippen molar-refractivity contribution in [3.8, 4) is 0 Å². The first-order valence-corrected chi connectivity index (χ1v) is 8.22. The number of rotatable bonds is 4. The van der Waals surface area contributed by atoms with Crippen LogP contribution in [0.25, 0.3) is 0 Å². The summed E-state index contributed by atoms with van der Waals surface area (Å²) in [5, 5.41) is 3.50. The van der Waals surface area contributed by atoms with Crippen LogP contribution < -0.4 is 5.32 Å². The molecule has 0 radical (unpaired) electrons. The summed E-state index contributed by atoms with van der Waals surface area (Å²) in [4.78, 5) is 8.95. The van der Waals surface area contributed by atoms with Crippen molar-refractivity contribution in [2.24, 2.45) is 10.9 Å². The summed E-state index contributed by atoms with van der Waals surface area (Å²) in [6.07, 6.45) is 1.27. The molecular formula is C16H26BrIN4. The van der Waals surface area contributed by atoms with Crippen molar-refractivity contribution in [1.82, 2.24) is 15.1 Å². The Morgan fingerprint density at radius 3 is 2.64 bits per heavy atom. The second kappa shape index (κ2) is 9.72. The number of halogens is 2. The first-order valence-electron chi connectivity index (χ1n) is 7.43. The molecule has 6 heteroatoms. The van der Waals surface area contributed by atoms with E-state index in [1.54, 1.807) is 0 Å². The van der Waals surface area contributed by atoms with E-state index in [9.17, 15) is 0 Å². The standard InChI is InChI=1S/C16H25BrN4.HI/c1-18-16(19-10-14-8-9-20(2)11-14)21(3)12-13-4-6-15(17)7-5-13;/h4-7,14H,8-12H2,1-3H3,(H,18,19);1H. The lowest BCUT2D eigenvalue weighted by molar-refractivity contribution is 0.390. The minimum absolute atomic E-state index is 0. The van der Waals surface area contributed by atoms with Crippen LogP contribution in [0, 0.1) is 5.92 Å². The van der Waals surface area contributed by atoms with Crippen molar-refractivity contribution in [1.29, 1.82) is 0 Å². The molecule has 0 amide bonds. The Labute approximate surface area is 159 Å². The zero-order valence-corrected chi connectivity index (χ0v) is 17.5. The van der Waals surface area contributed by atoms with E-state index in [2.05, 4.69) is 74.4 Å². The highest BCUT2D eigenvalue weighted by Gasteiger charge is 2.19. The Morgan fingerprint density at radius 1 is 1.41 bits per heavy atom. The van der Waals surface area contributed by atoms with E-state index in [4.69, 9.17) is 0 Å². The van der Waals surface area contributed by atoms with Gasteiger partial charge in [0.05, 0.1) is 0 Å². The molecule has 0 aliphatic carbocycles. The zero-order chi connectivity index (χ0) is 15.2. The molecule has 22 heavy (non-hydrogen) atoms. The van der Waals surface area contributed by atoms with Crippen molar-refractivity contribution in [2.45, 2.75) is 13.0 Å². The summed E-state index contributed by atoms with van der Waals surface area (Å²) in [6.45, 7) is 4.25. The summed E-state index contributed by atoms with van der Waals surface area (Å²) in [5.41, 5.74) is 1.28. The van der Waals surface area contributed by atoms with Gasteiger partial charge in [-0.05, 0) is 43.6 Å². The van der Waals surface area contributed by atoms with Crippen LogP contribution in [0.5, 0.6) is 0 Å². The van der Waals surface area contributed by atoms with Gasteiger partial charge in [0.25, 0.3) is 0 Å². The maximum Gasteiger partial charge on any atom is 0.193 e. The molecule has 1 unspecified atom stereocenters. The Balaban J connectivity index is 0.00000242. The smallest absolute Gasteiger partial charge is 0.193 e. The number of hydrogen-bond acceptors (Lipinski definition) is 2. The molecule has 1 atom stereocenters. The molecule has 0 bridgehead atoms. The van der Waals surface area contributed by atoms with E-state index < -0.39 is 0 Å². The lowest BCUT2D eigenvalue weighted by Gasteiger charge is -2.23. The summed E-state index contributed by atoms with van der Waals surface area (Å²) >= 11 is 3.47. The number of likely N-dealkylation sites (tertiary alicyclic amines) is 1. The second-order valence-corrected chi connectivity index (χ2v) is 6.74. The maximum absolute atomic E-state index is 4.39. The van der Waals surface area contributed by atoms with Gasteiger partial charge in [-0.2, -0.15) is 0 Å². The van der Waals surface area contributed by atoms with Gasteiger partial charge in [0.2, 0.25) is 0 Å². The van der Waals surface area contributed by atoms with Gasteiger partial charge in [0.15, 0.2) is 5.96 Å². The SMILES string of the molecule is CN=C(NCC1CCN(C)C1)N(C)Cc1ccc(Br)cc1.I. The van der Waals surface area contributed by atoms with Crippen molar-refractivity contribution >= 4 is 45.9 Å². The van der Waals surface area contributed by atoms with Crippen molar-refractivity contribution in [3.63, 3.8) is 0 Å². The molecule has 2 rings (SSSR count). The van der Waals surface area contributed by atoms with E-state index in [-0.39, 0.29) is 24.0 Å². The molecule has 1 heterocycles. The second-order valence-electron chi connectivity index (χ2n) is 5.83. The molecule has 1 aromatic carbocycles. The van der Waals surface area contributed by atoms with Crippen LogP contribution in [0.2, 0.25) is 0 Å². The normalized spacial score (nSPS) is 18.9. The molecule has 1 aliphatic rings. The molecule has 1 aliphatic heterocycles. The number of aliphatic imine (C=N–C) groups is 1. The molecular weight excluding hydrogens is 455 g/mol. The largest absolute Gasteiger partial charge is 0.356 e. The highest BCUT2D eigenvalue weighted by Crippen LogP contribution is 2.14. The Bertz CT molecular complexity index is 478. The van der Waals surface area contributed by atoms with Gasteiger partial charge in [-0.3, -0.25) is 4.99 Å². The predicted molar refractivity (Wildman–Crippen MR) is 108 cm³/mol. The minimum atomic E-state index is 0. The van der Waals surface area contributed by atoms with E-state index in [1.165, 1.54) is 25.1 Å². The summed E-state index contributed by atoms with van der Waals surface area (Å²) in [7, 11) is 6.12. The van der Waals surface area contributed by atoms with Crippen LogP contribution in [0.15, 0.2) is 33.7 Å². The zero-order valence-electron chi connectivity index (χ0n) is 13.6. The molecule has 124 valence electrons. The van der Waals surface area contributed by atoms with Crippen LogP contribution in [0.1, 0.15) is 12.0 Å². The van der Waals surface area contributed by atoms with Crippen molar-refractivity contribution in [2.75, 3.05) is 40.8 Å². The fourth-order valence-corrected chi connectivity index (χ4v) is 3.02. The quantitative estimate of drug-likeness (QED) is 0.408. The van der Waals surface area contributed by atoms with E-state index in [0.29, 0.717) is 0 Å². The third kappa shape index (κ3) is 6.04. The Hall–Kier alpha value is -0.340. The van der Waals surface area contributed by atoms with Crippen molar-refractivity contribution in [3.05, 3.63) is 34.3 Å². The van der Waals surface area contributed by atoms with Crippen LogP contribution in [-0.4, -0.2) is 56.5 Å². The molecule has 0 saturated carbocycles. The number of nitrogens with zero attached hydrogens (tertiary/aromatic N) is 3. The summed E-state index contributed by atoms with van der Waals surface area (Å²) in [5.74, 6) is 1.69. The van der Waals surface area contributed by atoms with Gasteiger partial charge >= 0.3 is 0 Å². The Kier molecular flexibility index (Phi) is 8.71. The third-order valence-corrected chi connectivity index (χ3v) is 4.47. The highest BCUT2D eigenvalue weighted by molar-refractivity contribution is 14.0. The van der Waals surface area contributed by atoms with Gasteiger partial charge in [-0.25, -0.2) is 0 Å². The molecule has 1 fully saturated rings. The van der Waals surface area contributed by atoms with E-state index in [1.807, 2.05) is 7.05 Å². The molecule has 4 nitrogen and oxygen atoms in total.